The molecule has 0 spiro atoms. The van der Waals surface area contributed by atoms with Gasteiger partial charge < -0.3 is 10.2 Å². The van der Waals surface area contributed by atoms with Gasteiger partial charge in [0.2, 0.25) is 5.91 Å². The van der Waals surface area contributed by atoms with E-state index >= 15 is 0 Å². The lowest BCUT2D eigenvalue weighted by molar-refractivity contribution is -0.130. The molecular formula is C13H16N2O2S. The summed E-state index contributed by atoms with van der Waals surface area (Å²) in [6.45, 7) is 2.35. The molecule has 1 saturated carbocycles. The third-order valence-electron chi connectivity index (χ3n) is 3.86. The van der Waals surface area contributed by atoms with Crippen LogP contribution in [-0.4, -0.2) is 23.9 Å². The van der Waals surface area contributed by atoms with E-state index in [1.807, 2.05) is 23.8 Å². The number of hydrogen-bond donors (Lipinski definition) is 1. The average Bonchev–Trinajstić information content (AvgIpc) is 3.08. The Morgan fingerprint density at radius 3 is 2.83 bits per heavy atom. The Morgan fingerprint density at radius 1 is 1.44 bits per heavy atom. The van der Waals surface area contributed by atoms with Crippen molar-refractivity contribution in [2.75, 3.05) is 11.4 Å². The molecule has 1 atom stereocenters. The van der Waals surface area contributed by atoms with Crippen molar-refractivity contribution in [1.29, 1.82) is 0 Å². The number of hydrogen-bond acceptors (Lipinski definition) is 3. The summed E-state index contributed by atoms with van der Waals surface area (Å²) in [5.41, 5.74) is 0.198. The molecule has 0 bridgehead atoms. The smallest absolute Gasteiger partial charge is 0.252 e. The summed E-state index contributed by atoms with van der Waals surface area (Å²) in [6.07, 6.45) is 2.43. The second kappa shape index (κ2) is 4.09. The van der Waals surface area contributed by atoms with E-state index in [0.717, 1.165) is 18.5 Å². The first-order valence-electron chi connectivity index (χ1n) is 6.26. The summed E-state index contributed by atoms with van der Waals surface area (Å²) in [4.78, 5) is 26.3. The lowest BCUT2D eigenvalue weighted by Crippen LogP contribution is -2.56. The topological polar surface area (TPSA) is 49.4 Å². The first-order chi connectivity index (χ1) is 8.61. The van der Waals surface area contributed by atoms with Crippen molar-refractivity contribution < 1.29 is 9.59 Å². The summed E-state index contributed by atoms with van der Waals surface area (Å²) in [6, 6.07) is 1.94. The number of thiophene rings is 1. The van der Waals surface area contributed by atoms with Crippen LogP contribution in [0.2, 0.25) is 0 Å². The van der Waals surface area contributed by atoms with Gasteiger partial charge in [0.25, 0.3) is 5.91 Å². The van der Waals surface area contributed by atoms with Crippen LogP contribution in [0.3, 0.4) is 0 Å². The van der Waals surface area contributed by atoms with Crippen molar-refractivity contribution in [2.24, 2.45) is 5.92 Å². The normalized spacial score (nSPS) is 29.1. The fraction of sp³-hybridized carbons (Fsp3) is 0.538. The van der Waals surface area contributed by atoms with Crippen LogP contribution < -0.4 is 10.2 Å². The second-order valence-electron chi connectivity index (χ2n) is 5.21. The predicted octanol–water partition coefficient (Wildman–Crippen LogP) is 1.77. The van der Waals surface area contributed by atoms with Crippen LogP contribution in [0.5, 0.6) is 0 Å². The lowest BCUT2D eigenvalue weighted by Gasteiger charge is -2.31. The fourth-order valence-corrected chi connectivity index (χ4v) is 3.24. The Kier molecular flexibility index (Phi) is 2.66. The van der Waals surface area contributed by atoms with Gasteiger partial charge in [0, 0.05) is 18.3 Å². The van der Waals surface area contributed by atoms with Crippen LogP contribution in [0, 0.1) is 5.92 Å². The van der Waals surface area contributed by atoms with Gasteiger partial charge in [-0.3, -0.25) is 9.59 Å². The van der Waals surface area contributed by atoms with Crippen LogP contribution in [0.15, 0.2) is 16.8 Å². The molecule has 2 fully saturated rings. The van der Waals surface area contributed by atoms with Gasteiger partial charge in [0.1, 0.15) is 5.54 Å². The van der Waals surface area contributed by atoms with Gasteiger partial charge in [-0.25, -0.2) is 0 Å². The zero-order valence-electron chi connectivity index (χ0n) is 10.3. The molecule has 5 heteroatoms. The summed E-state index contributed by atoms with van der Waals surface area (Å²) in [7, 11) is 0. The summed E-state index contributed by atoms with van der Waals surface area (Å²) in [5.74, 6) is 0.318. The Bertz CT molecular complexity index is 481. The molecular weight excluding hydrogens is 248 g/mol. The van der Waals surface area contributed by atoms with Gasteiger partial charge in [0.05, 0.1) is 5.69 Å². The molecule has 18 heavy (non-hydrogen) atoms. The van der Waals surface area contributed by atoms with Crippen LogP contribution in [0.4, 0.5) is 5.69 Å². The van der Waals surface area contributed by atoms with Crippen LogP contribution >= 0.6 is 11.3 Å². The average molecular weight is 264 g/mol. The van der Waals surface area contributed by atoms with Crippen LogP contribution in [0.25, 0.3) is 0 Å². The number of nitrogens with zero attached hydrogens (tertiary/aromatic N) is 1. The summed E-state index contributed by atoms with van der Waals surface area (Å²) < 4.78 is 0. The monoisotopic (exact) mass is 264 g/mol. The van der Waals surface area contributed by atoms with Crippen molar-refractivity contribution in [3.63, 3.8) is 0 Å². The molecule has 1 aliphatic carbocycles. The van der Waals surface area contributed by atoms with Crippen molar-refractivity contribution in [3.05, 3.63) is 16.8 Å². The highest BCUT2D eigenvalue weighted by Gasteiger charge is 2.51. The van der Waals surface area contributed by atoms with E-state index in [9.17, 15) is 9.59 Å². The van der Waals surface area contributed by atoms with E-state index in [1.165, 1.54) is 0 Å². The maximum absolute atomic E-state index is 12.7. The van der Waals surface area contributed by atoms with E-state index in [0.29, 0.717) is 18.9 Å². The van der Waals surface area contributed by atoms with Gasteiger partial charge in [0.15, 0.2) is 0 Å². The maximum atomic E-state index is 12.7. The zero-order chi connectivity index (χ0) is 12.8. The van der Waals surface area contributed by atoms with E-state index in [1.54, 1.807) is 16.2 Å². The first-order valence-corrected chi connectivity index (χ1v) is 7.21. The highest BCUT2D eigenvalue weighted by atomic mass is 32.1. The fourth-order valence-electron chi connectivity index (χ4n) is 2.60. The largest absolute Gasteiger partial charge is 0.342 e. The van der Waals surface area contributed by atoms with E-state index in [4.69, 9.17) is 0 Å². The predicted molar refractivity (Wildman–Crippen MR) is 70.6 cm³/mol. The Morgan fingerprint density at radius 2 is 2.22 bits per heavy atom. The molecule has 1 saturated heterocycles. The molecule has 1 aromatic heterocycles. The van der Waals surface area contributed by atoms with E-state index in [2.05, 4.69) is 5.32 Å². The number of nitrogens with one attached hydrogen (secondary N) is 1. The number of amides is 2. The number of rotatable bonds is 2. The van der Waals surface area contributed by atoms with Crippen molar-refractivity contribution >= 4 is 28.8 Å². The van der Waals surface area contributed by atoms with Crippen molar-refractivity contribution in [3.8, 4) is 0 Å². The molecule has 1 aromatic rings. The molecule has 1 aliphatic heterocycles. The third kappa shape index (κ3) is 1.82. The molecule has 0 aromatic carbocycles. The molecule has 96 valence electrons. The first kappa shape index (κ1) is 11.7. The SMILES string of the molecule is CC1(C2CC2)NC(=O)CCN(c2ccsc2)C1=O. The van der Waals surface area contributed by atoms with Gasteiger partial charge in [-0.2, -0.15) is 11.3 Å². The standard InChI is InChI=1S/C13H16N2O2S/c1-13(9-2-3-9)12(17)15(6-4-11(16)14-13)10-5-7-18-8-10/h5,7-9H,2-4,6H2,1H3,(H,14,16). The highest BCUT2D eigenvalue weighted by molar-refractivity contribution is 7.08. The molecule has 1 N–H and O–H groups in total. The molecule has 4 nitrogen and oxygen atoms in total. The minimum Gasteiger partial charge on any atom is -0.342 e. The second-order valence-corrected chi connectivity index (χ2v) is 5.99. The highest BCUT2D eigenvalue weighted by Crippen LogP contribution is 2.42. The van der Waals surface area contributed by atoms with Crippen molar-refractivity contribution in [1.82, 2.24) is 5.32 Å². The van der Waals surface area contributed by atoms with Crippen LogP contribution in [0.1, 0.15) is 26.2 Å². The number of carbonyl (C=O) groups excluding carboxylic acids is 2. The van der Waals surface area contributed by atoms with E-state index in [-0.39, 0.29) is 11.8 Å². The minimum absolute atomic E-state index is 0.0181. The maximum Gasteiger partial charge on any atom is 0.252 e. The lowest BCUT2D eigenvalue weighted by atomic mass is 9.94. The van der Waals surface area contributed by atoms with Gasteiger partial charge >= 0.3 is 0 Å². The molecule has 2 amide bonds. The van der Waals surface area contributed by atoms with Gasteiger partial charge in [-0.05, 0) is 37.1 Å². The minimum atomic E-state index is -0.713. The molecule has 1 unspecified atom stereocenters. The molecule has 0 radical (unpaired) electrons. The van der Waals surface area contributed by atoms with Gasteiger partial charge in [-0.15, -0.1) is 0 Å². The van der Waals surface area contributed by atoms with E-state index < -0.39 is 5.54 Å². The Labute approximate surface area is 110 Å². The molecule has 2 heterocycles. The molecule has 2 aliphatic rings. The Hall–Kier alpha value is -1.36. The number of anilines is 1. The number of carbonyl (C=O) groups is 2. The Balaban J connectivity index is 1.96. The molecule has 3 rings (SSSR count). The van der Waals surface area contributed by atoms with Crippen molar-refractivity contribution in [2.45, 2.75) is 31.7 Å². The quantitative estimate of drug-likeness (QED) is 0.885. The summed E-state index contributed by atoms with van der Waals surface area (Å²) in [5, 5.41) is 6.85. The third-order valence-corrected chi connectivity index (χ3v) is 4.53. The summed E-state index contributed by atoms with van der Waals surface area (Å²) >= 11 is 1.57. The van der Waals surface area contributed by atoms with Crippen LogP contribution in [-0.2, 0) is 9.59 Å². The van der Waals surface area contributed by atoms with Gasteiger partial charge in [-0.1, -0.05) is 0 Å². The zero-order valence-corrected chi connectivity index (χ0v) is 11.1.